The molecule has 0 radical (unpaired) electrons. The number of hydrogen-bond acceptors (Lipinski definition) is 3. The zero-order chi connectivity index (χ0) is 25.5. The highest BCUT2D eigenvalue weighted by molar-refractivity contribution is 6.33. The zero-order valence-corrected chi connectivity index (χ0v) is 19.5. The number of amides is 3. The summed E-state index contributed by atoms with van der Waals surface area (Å²) in [7, 11) is 0. The molecule has 0 aromatic heterocycles. The summed E-state index contributed by atoms with van der Waals surface area (Å²) < 4.78 is 53.7. The Bertz CT molecular complexity index is 1170. The molecule has 0 spiro atoms. The number of carbonyl (C=O) groups is 3. The topological polar surface area (TPSA) is 78.5 Å². The maximum absolute atomic E-state index is 13.6. The lowest BCUT2D eigenvalue weighted by Gasteiger charge is -2.38. The Hall–Kier alpha value is -2.85. The van der Waals surface area contributed by atoms with Crippen LogP contribution in [-0.2, 0) is 14.4 Å². The minimum atomic E-state index is -2.90. The number of carbonyl (C=O) groups excluding carboxylic acids is 3. The summed E-state index contributed by atoms with van der Waals surface area (Å²) in [6.07, 6.45) is -1.21. The minimum absolute atomic E-state index is 0.00588. The van der Waals surface area contributed by atoms with Crippen LogP contribution in [0.3, 0.4) is 0 Å². The number of anilines is 1. The van der Waals surface area contributed by atoms with Crippen molar-refractivity contribution in [1.29, 1.82) is 0 Å². The van der Waals surface area contributed by atoms with Crippen LogP contribution in [0, 0.1) is 11.6 Å². The van der Waals surface area contributed by atoms with Crippen LogP contribution in [0.25, 0.3) is 0 Å². The van der Waals surface area contributed by atoms with Gasteiger partial charge < -0.3 is 15.5 Å². The summed E-state index contributed by atoms with van der Waals surface area (Å²) in [6.45, 7) is 0. The number of alkyl halides is 2. The molecular weight excluding hydrogens is 513 g/mol. The number of nitrogens with zero attached hydrogens (tertiary/aromatic N) is 1. The molecule has 1 saturated heterocycles. The van der Waals surface area contributed by atoms with Gasteiger partial charge in [0.15, 0.2) is 0 Å². The molecule has 2 aliphatic rings. The quantitative estimate of drug-likeness (QED) is 0.522. The first-order chi connectivity index (χ1) is 16.4. The van der Waals surface area contributed by atoms with Crippen LogP contribution in [0.4, 0.5) is 23.2 Å². The maximum atomic E-state index is 13.6. The monoisotopic (exact) mass is 531 g/mol. The number of rotatable bonds is 6. The fourth-order valence-electron chi connectivity index (χ4n) is 4.32. The smallest absolute Gasteiger partial charge is 0.252 e. The molecule has 2 aromatic carbocycles. The van der Waals surface area contributed by atoms with Gasteiger partial charge in [-0.1, -0.05) is 23.2 Å². The van der Waals surface area contributed by atoms with E-state index in [0.717, 1.165) is 17.0 Å². The van der Waals surface area contributed by atoms with E-state index in [2.05, 4.69) is 10.6 Å². The van der Waals surface area contributed by atoms with Crippen molar-refractivity contribution >= 4 is 46.6 Å². The van der Waals surface area contributed by atoms with Gasteiger partial charge in [-0.2, -0.15) is 0 Å². The van der Waals surface area contributed by atoms with E-state index >= 15 is 0 Å². The second-order valence-corrected chi connectivity index (χ2v) is 9.38. The molecule has 6 nitrogen and oxygen atoms in total. The summed E-state index contributed by atoms with van der Waals surface area (Å²) in [5.74, 6) is -6.88. The Balaban J connectivity index is 1.65. The van der Waals surface area contributed by atoms with Crippen molar-refractivity contribution in [3.63, 3.8) is 0 Å². The van der Waals surface area contributed by atoms with Crippen LogP contribution < -0.4 is 10.6 Å². The van der Waals surface area contributed by atoms with Gasteiger partial charge in [0.1, 0.15) is 23.7 Å². The van der Waals surface area contributed by atoms with E-state index in [1.807, 2.05) is 0 Å². The number of hydrogen-bond donors (Lipinski definition) is 2. The molecule has 35 heavy (non-hydrogen) atoms. The zero-order valence-electron chi connectivity index (χ0n) is 18.0. The minimum Gasteiger partial charge on any atom is -0.351 e. The van der Waals surface area contributed by atoms with Gasteiger partial charge in [0, 0.05) is 52.7 Å². The second-order valence-electron chi connectivity index (χ2n) is 8.54. The van der Waals surface area contributed by atoms with Crippen LogP contribution in [-0.4, -0.2) is 40.6 Å². The van der Waals surface area contributed by atoms with E-state index in [9.17, 15) is 31.9 Å². The van der Waals surface area contributed by atoms with Crippen LogP contribution in [0.15, 0.2) is 36.4 Å². The first-order valence-corrected chi connectivity index (χ1v) is 11.4. The Kier molecular flexibility index (Phi) is 6.97. The van der Waals surface area contributed by atoms with Crippen molar-refractivity contribution in [2.75, 3.05) is 5.32 Å². The summed E-state index contributed by atoms with van der Waals surface area (Å²) in [4.78, 5) is 40.2. The average Bonchev–Trinajstić information content (AvgIpc) is 3.10. The van der Waals surface area contributed by atoms with Gasteiger partial charge in [0.25, 0.3) is 5.92 Å². The van der Waals surface area contributed by atoms with Gasteiger partial charge >= 0.3 is 0 Å². The Morgan fingerprint density at radius 2 is 1.71 bits per heavy atom. The first-order valence-electron chi connectivity index (χ1n) is 10.6. The van der Waals surface area contributed by atoms with Crippen molar-refractivity contribution in [2.45, 2.75) is 49.7 Å². The summed E-state index contributed by atoms with van der Waals surface area (Å²) in [5, 5.41) is 5.12. The average molecular weight is 532 g/mol. The molecule has 2 fully saturated rings. The molecule has 0 bridgehead atoms. The predicted molar refractivity (Wildman–Crippen MR) is 120 cm³/mol. The van der Waals surface area contributed by atoms with E-state index in [4.69, 9.17) is 23.2 Å². The summed E-state index contributed by atoms with van der Waals surface area (Å²) >= 11 is 12.4. The first kappa shape index (κ1) is 25.2. The fraction of sp³-hybridized carbons (Fsp3) is 0.348. The highest BCUT2D eigenvalue weighted by atomic mass is 35.5. The Morgan fingerprint density at radius 3 is 2.34 bits per heavy atom. The number of nitrogens with one attached hydrogen (secondary N) is 2. The highest BCUT2D eigenvalue weighted by Crippen LogP contribution is 2.40. The van der Waals surface area contributed by atoms with Crippen molar-refractivity contribution in [1.82, 2.24) is 10.2 Å². The third kappa shape index (κ3) is 5.54. The molecule has 186 valence electrons. The largest absolute Gasteiger partial charge is 0.351 e. The third-order valence-corrected chi connectivity index (χ3v) is 6.48. The van der Waals surface area contributed by atoms with Gasteiger partial charge in [-0.25, -0.2) is 17.6 Å². The molecule has 1 aliphatic heterocycles. The Labute approximate surface area is 207 Å². The van der Waals surface area contributed by atoms with E-state index in [-0.39, 0.29) is 34.1 Å². The van der Waals surface area contributed by atoms with Crippen LogP contribution in [0.5, 0.6) is 0 Å². The molecule has 2 N–H and O–H groups in total. The lowest BCUT2D eigenvalue weighted by Crippen LogP contribution is -2.55. The van der Waals surface area contributed by atoms with E-state index in [1.165, 1.54) is 18.2 Å². The van der Waals surface area contributed by atoms with Crippen molar-refractivity contribution in [3.05, 3.63) is 63.6 Å². The SMILES string of the molecule is O=C(Nc1cc(F)cc(F)c1)C1CCC(=O)N1[C@H](C(=O)NC1CC(F)(F)C1)c1cc(Cl)ccc1Cl. The highest BCUT2D eigenvalue weighted by Gasteiger charge is 2.49. The molecule has 2 atom stereocenters. The molecule has 1 unspecified atom stereocenters. The lowest BCUT2D eigenvalue weighted by atomic mass is 9.87. The number of likely N-dealkylation sites (tertiary alicyclic amines) is 1. The van der Waals surface area contributed by atoms with Crippen molar-refractivity contribution in [3.8, 4) is 0 Å². The van der Waals surface area contributed by atoms with Gasteiger partial charge in [0.05, 0.1) is 0 Å². The maximum Gasteiger partial charge on any atom is 0.252 e. The van der Waals surface area contributed by atoms with Gasteiger partial charge in [-0.3, -0.25) is 14.4 Å². The molecule has 1 aliphatic carbocycles. The Morgan fingerprint density at radius 1 is 1.06 bits per heavy atom. The van der Waals surface area contributed by atoms with Crippen LogP contribution in [0.2, 0.25) is 10.0 Å². The molecule has 4 rings (SSSR count). The third-order valence-electron chi connectivity index (χ3n) is 5.90. The van der Waals surface area contributed by atoms with E-state index < -0.39 is 66.2 Å². The lowest BCUT2D eigenvalue weighted by molar-refractivity contribution is -0.145. The molecule has 2 aromatic rings. The van der Waals surface area contributed by atoms with Gasteiger partial charge in [-0.15, -0.1) is 0 Å². The van der Waals surface area contributed by atoms with Gasteiger partial charge in [0.2, 0.25) is 17.7 Å². The summed E-state index contributed by atoms with van der Waals surface area (Å²) in [6, 6.07) is 3.17. The fourth-order valence-corrected chi connectivity index (χ4v) is 4.72. The van der Waals surface area contributed by atoms with Crippen molar-refractivity contribution < 1.29 is 31.9 Å². The predicted octanol–water partition coefficient (Wildman–Crippen LogP) is 4.86. The molecule has 1 heterocycles. The van der Waals surface area contributed by atoms with E-state index in [1.54, 1.807) is 0 Å². The van der Waals surface area contributed by atoms with E-state index in [0.29, 0.717) is 6.07 Å². The number of halogens is 6. The molecule has 12 heteroatoms. The standard InChI is InChI=1S/C23H19Cl2F4N3O3/c24-11-1-2-17(25)16(5-11)20(22(35)31-15-9-23(28,29)10-15)32-18(3-4-19(32)33)21(34)30-14-7-12(26)6-13(27)8-14/h1-2,5-8,15,18,20H,3-4,9-10H2,(H,30,34)(H,31,35)/t18?,20-/m0/s1. The molecular formula is C23H19Cl2F4N3O3. The van der Waals surface area contributed by atoms with Crippen molar-refractivity contribution in [2.24, 2.45) is 0 Å². The molecule has 1 saturated carbocycles. The second kappa shape index (κ2) is 9.66. The van der Waals surface area contributed by atoms with Crippen LogP contribution >= 0.6 is 23.2 Å². The van der Waals surface area contributed by atoms with Gasteiger partial charge in [-0.05, 0) is 36.8 Å². The van der Waals surface area contributed by atoms with Crippen LogP contribution in [0.1, 0.15) is 37.3 Å². The molecule has 3 amide bonds. The number of benzene rings is 2. The normalized spacial score (nSPS) is 20.3. The summed E-state index contributed by atoms with van der Waals surface area (Å²) in [5.41, 5.74) is -0.0714.